The molecule has 22 heavy (non-hydrogen) atoms. The Labute approximate surface area is 123 Å². The molecular weight excluding hydrogens is 313 g/mol. The molecule has 2 aromatic heterocycles. The lowest BCUT2D eigenvalue weighted by atomic mass is 10.1. The molecule has 3 N–H and O–H groups in total. The number of rotatable bonds is 4. The van der Waals surface area contributed by atoms with Crippen LogP contribution in [0.3, 0.4) is 0 Å². The van der Waals surface area contributed by atoms with Gasteiger partial charge in [-0.05, 0) is 6.42 Å². The highest BCUT2D eigenvalue weighted by atomic mass is 31.2. The fraction of sp³-hybridized carbons (Fsp3) is 0.364. The minimum atomic E-state index is -4.98. The summed E-state index contributed by atoms with van der Waals surface area (Å²) in [6.07, 6.45) is 5.54. The fourth-order valence-electron chi connectivity index (χ4n) is 2.46. The summed E-state index contributed by atoms with van der Waals surface area (Å²) in [5.74, 6) is -0.238. The van der Waals surface area contributed by atoms with Gasteiger partial charge in [0.1, 0.15) is 0 Å². The number of H-pyrrole nitrogens is 1. The molecule has 11 heteroatoms. The number of anilines is 1. The first kappa shape index (κ1) is 14.9. The van der Waals surface area contributed by atoms with Crippen LogP contribution in [0.25, 0.3) is 11.2 Å². The van der Waals surface area contributed by atoms with Crippen LogP contribution >= 0.6 is 7.82 Å². The van der Waals surface area contributed by atoms with Gasteiger partial charge in [0.05, 0.1) is 26.8 Å². The summed E-state index contributed by atoms with van der Waals surface area (Å²) in [4.78, 5) is 43.1. The summed E-state index contributed by atoms with van der Waals surface area (Å²) in [5, 5.41) is 0. The van der Waals surface area contributed by atoms with Gasteiger partial charge in [0, 0.05) is 5.92 Å². The predicted molar refractivity (Wildman–Crippen MR) is 72.4 cm³/mol. The van der Waals surface area contributed by atoms with E-state index in [9.17, 15) is 19.1 Å². The third-order valence-electron chi connectivity index (χ3n) is 3.40. The molecular formula is C11H12N5O5P-2. The van der Waals surface area contributed by atoms with Crippen molar-refractivity contribution in [3.05, 3.63) is 28.8 Å². The SMILES string of the molecule is Nc1nc2c(ncn2[C@H]2C=C[C@@H](COP(=O)([O-])[O-])C2)c(=O)[nH]1. The van der Waals surface area contributed by atoms with Gasteiger partial charge in [-0.1, -0.05) is 12.2 Å². The maximum absolute atomic E-state index is 11.7. The molecule has 0 radical (unpaired) electrons. The highest BCUT2D eigenvalue weighted by molar-refractivity contribution is 7.43. The van der Waals surface area contributed by atoms with Crippen LogP contribution in [0.5, 0.6) is 0 Å². The highest BCUT2D eigenvalue weighted by Crippen LogP contribution is 2.33. The van der Waals surface area contributed by atoms with Crippen LogP contribution < -0.4 is 21.1 Å². The Morgan fingerprint density at radius 2 is 2.27 bits per heavy atom. The van der Waals surface area contributed by atoms with Crippen molar-refractivity contribution in [1.29, 1.82) is 0 Å². The number of nitrogen functional groups attached to an aromatic ring is 1. The van der Waals surface area contributed by atoms with E-state index in [1.807, 2.05) is 6.08 Å². The van der Waals surface area contributed by atoms with Crippen molar-refractivity contribution in [2.24, 2.45) is 5.92 Å². The molecule has 0 fully saturated rings. The highest BCUT2D eigenvalue weighted by Gasteiger charge is 2.23. The minimum absolute atomic E-state index is 0.0141. The molecule has 0 unspecified atom stereocenters. The van der Waals surface area contributed by atoms with Crippen molar-refractivity contribution in [2.45, 2.75) is 12.5 Å². The molecule has 0 aliphatic heterocycles. The molecule has 10 nitrogen and oxygen atoms in total. The fourth-order valence-corrected chi connectivity index (χ4v) is 2.83. The normalized spacial score (nSPS) is 21.7. The number of aromatic amines is 1. The number of hydrogen-bond donors (Lipinski definition) is 2. The van der Waals surface area contributed by atoms with Crippen molar-refractivity contribution in [3.8, 4) is 0 Å². The lowest BCUT2D eigenvalue weighted by Crippen LogP contribution is -2.19. The number of nitrogens with zero attached hydrogens (tertiary/aromatic N) is 3. The smallest absolute Gasteiger partial charge is 0.280 e. The standard InChI is InChI=1S/C11H14N5O5P/c12-11-14-9-8(10(17)15-11)13-5-16(9)7-2-1-6(3-7)4-21-22(18,19)20/h1-2,5-7H,3-4H2,(H2,18,19,20)(H3,12,14,15,17)/p-2/t6-,7+/m1/s1. The molecule has 1 aliphatic carbocycles. The van der Waals surface area contributed by atoms with Crippen molar-refractivity contribution in [1.82, 2.24) is 19.5 Å². The number of nitrogens with one attached hydrogen (secondary N) is 1. The summed E-state index contributed by atoms with van der Waals surface area (Å²) >= 11 is 0. The molecule has 0 aromatic carbocycles. The molecule has 2 heterocycles. The number of phosphoric ester groups is 1. The maximum Gasteiger partial charge on any atom is 0.280 e. The van der Waals surface area contributed by atoms with E-state index < -0.39 is 13.4 Å². The lowest BCUT2D eigenvalue weighted by molar-refractivity contribution is -0.342. The van der Waals surface area contributed by atoms with Crippen LogP contribution in [0.2, 0.25) is 0 Å². The molecule has 118 valence electrons. The van der Waals surface area contributed by atoms with Crippen LogP contribution in [0.15, 0.2) is 23.3 Å². The van der Waals surface area contributed by atoms with Crippen LogP contribution in [-0.2, 0) is 9.09 Å². The van der Waals surface area contributed by atoms with E-state index in [1.165, 1.54) is 6.33 Å². The number of phosphoric acid groups is 1. The van der Waals surface area contributed by atoms with Gasteiger partial charge in [0.15, 0.2) is 11.2 Å². The van der Waals surface area contributed by atoms with Crippen molar-refractivity contribution in [3.63, 3.8) is 0 Å². The molecule has 0 saturated heterocycles. The predicted octanol–water partition coefficient (Wildman–Crippen LogP) is -1.34. The number of imidazole rings is 1. The summed E-state index contributed by atoms with van der Waals surface area (Å²) in [6, 6.07) is -0.176. The van der Waals surface area contributed by atoms with Gasteiger partial charge in [-0.15, -0.1) is 0 Å². The molecule has 0 bridgehead atoms. The summed E-state index contributed by atoms with van der Waals surface area (Å²) in [6.45, 7) is -0.208. The van der Waals surface area contributed by atoms with Gasteiger partial charge in [-0.3, -0.25) is 9.78 Å². The monoisotopic (exact) mass is 325 g/mol. The van der Waals surface area contributed by atoms with E-state index in [0.29, 0.717) is 12.1 Å². The first-order valence-corrected chi connectivity index (χ1v) is 7.87. The number of fused-ring (bicyclic) bond motifs is 1. The number of nitrogens with two attached hydrogens (primary N) is 1. The first-order chi connectivity index (χ1) is 10.3. The van der Waals surface area contributed by atoms with E-state index in [1.54, 1.807) is 10.6 Å². The molecule has 3 rings (SSSR count). The second kappa shape index (κ2) is 5.33. The summed E-state index contributed by atoms with van der Waals surface area (Å²) in [5.41, 5.74) is 5.61. The third-order valence-corrected chi connectivity index (χ3v) is 3.87. The minimum Gasteiger partial charge on any atom is -0.790 e. The van der Waals surface area contributed by atoms with Gasteiger partial charge in [0.25, 0.3) is 5.56 Å². The molecule has 0 saturated carbocycles. The van der Waals surface area contributed by atoms with Crippen LogP contribution in [-0.4, -0.2) is 26.1 Å². The Balaban J connectivity index is 1.81. The zero-order valence-corrected chi connectivity index (χ0v) is 12.1. The summed E-state index contributed by atoms with van der Waals surface area (Å²) < 4.78 is 16.5. The van der Waals surface area contributed by atoms with E-state index in [-0.39, 0.29) is 30.0 Å². The molecule has 0 spiro atoms. The Kier molecular flexibility index (Phi) is 3.61. The third kappa shape index (κ3) is 2.95. The zero-order chi connectivity index (χ0) is 15.9. The molecule has 2 atom stereocenters. The average molecular weight is 325 g/mol. The largest absolute Gasteiger partial charge is 0.790 e. The second-order valence-electron chi connectivity index (χ2n) is 4.97. The Bertz CT molecular complexity index is 837. The van der Waals surface area contributed by atoms with Crippen molar-refractivity contribution < 1.29 is 18.9 Å². The van der Waals surface area contributed by atoms with Gasteiger partial charge in [-0.2, -0.15) is 4.98 Å². The Morgan fingerprint density at radius 3 is 3.00 bits per heavy atom. The number of aromatic nitrogens is 4. The van der Waals surface area contributed by atoms with E-state index >= 15 is 0 Å². The van der Waals surface area contributed by atoms with Crippen LogP contribution in [0.4, 0.5) is 5.95 Å². The first-order valence-electron chi connectivity index (χ1n) is 6.41. The van der Waals surface area contributed by atoms with Crippen LogP contribution in [0, 0.1) is 5.92 Å². The van der Waals surface area contributed by atoms with Gasteiger partial charge < -0.3 is 29.2 Å². The zero-order valence-electron chi connectivity index (χ0n) is 11.2. The van der Waals surface area contributed by atoms with Crippen molar-refractivity contribution >= 4 is 24.9 Å². The lowest BCUT2D eigenvalue weighted by Gasteiger charge is -2.29. The van der Waals surface area contributed by atoms with Crippen molar-refractivity contribution in [2.75, 3.05) is 12.3 Å². The van der Waals surface area contributed by atoms with Gasteiger partial charge in [-0.25, -0.2) is 4.98 Å². The number of hydrogen-bond acceptors (Lipinski definition) is 8. The van der Waals surface area contributed by atoms with E-state index in [4.69, 9.17) is 5.73 Å². The van der Waals surface area contributed by atoms with Gasteiger partial charge >= 0.3 is 0 Å². The van der Waals surface area contributed by atoms with E-state index in [2.05, 4.69) is 19.5 Å². The molecule has 1 aliphatic rings. The maximum atomic E-state index is 11.7. The van der Waals surface area contributed by atoms with E-state index in [0.717, 1.165) is 0 Å². The Morgan fingerprint density at radius 1 is 1.50 bits per heavy atom. The van der Waals surface area contributed by atoms with Crippen LogP contribution in [0.1, 0.15) is 12.5 Å². The summed E-state index contributed by atoms with van der Waals surface area (Å²) in [7, 11) is -4.98. The van der Waals surface area contributed by atoms with Gasteiger partial charge in [0.2, 0.25) is 5.95 Å². The quantitative estimate of drug-likeness (QED) is 0.515. The topological polar surface area (TPSA) is 162 Å². The number of allylic oxidation sites excluding steroid dienone is 1. The second-order valence-corrected chi connectivity index (χ2v) is 6.12. The molecule has 0 amide bonds. The molecule has 2 aromatic rings. The Hall–Kier alpha value is -2.00. The average Bonchev–Trinajstić information content (AvgIpc) is 3.01.